The Morgan fingerprint density at radius 1 is 1.12 bits per heavy atom. The second-order valence-corrected chi connectivity index (χ2v) is 10.3. The molecule has 1 saturated heterocycles. The predicted octanol–water partition coefficient (Wildman–Crippen LogP) is 3.50. The van der Waals surface area contributed by atoms with Crippen LogP contribution in [0.15, 0.2) is 36.4 Å². The van der Waals surface area contributed by atoms with Crippen LogP contribution in [0.3, 0.4) is 0 Å². The van der Waals surface area contributed by atoms with E-state index < -0.39 is 11.6 Å². The van der Waals surface area contributed by atoms with E-state index in [4.69, 9.17) is 5.73 Å². The summed E-state index contributed by atoms with van der Waals surface area (Å²) < 4.78 is 0. The van der Waals surface area contributed by atoms with Gasteiger partial charge in [0.05, 0.1) is 11.6 Å². The number of hydrogen-bond donors (Lipinski definition) is 2. The molecule has 0 radical (unpaired) electrons. The summed E-state index contributed by atoms with van der Waals surface area (Å²) in [7, 11) is 2.17. The first-order chi connectivity index (χ1) is 15.5. The average molecular weight is 452 g/mol. The Balaban J connectivity index is 1.39. The Morgan fingerprint density at radius 2 is 1.81 bits per heavy atom. The predicted molar refractivity (Wildman–Crippen MR) is 129 cm³/mol. The summed E-state index contributed by atoms with van der Waals surface area (Å²) in [6.45, 7) is 5.44. The van der Waals surface area contributed by atoms with Gasteiger partial charge in [-0.1, -0.05) is 43.5 Å². The Hall–Kier alpha value is -2.24. The smallest absolute Gasteiger partial charge is 0.241 e. The molecule has 4 rings (SSSR count). The second kappa shape index (κ2) is 10.1. The topological polar surface area (TPSA) is 85.4 Å². The van der Waals surface area contributed by atoms with Gasteiger partial charge < -0.3 is 16.0 Å². The number of nitrogens with two attached hydrogens (primary N) is 1. The number of rotatable bonds is 6. The number of nitrogens with one attached hydrogen (secondary N) is 1. The van der Waals surface area contributed by atoms with E-state index in [0.717, 1.165) is 67.3 Å². The standard InChI is InChI=1S/C25H33N5OS/c1-29-13-15-30(16-14-29)18-19-5-7-20(8-6-19)22-9-10-23(32-22)21(17-26)28-24(31)25(27)11-3-2-4-12-25/h5-10,21H,2-4,11-16,18,27H2,1H3,(H,28,31)/t21-/m1/s1. The minimum Gasteiger partial charge on any atom is -0.334 e. The van der Waals surface area contributed by atoms with E-state index in [1.165, 1.54) is 5.56 Å². The van der Waals surface area contributed by atoms with Crippen LogP contribution in [0.4, 0.5) is 0 Å². The minimum absolute atomic E-state index is 0.202. The van der Waals surface area contributed by atoms with Crippen molar-refractivity contribution < 1.29 is 4.79 Å². The van der Waals surface area contributed by atoms with Crippen molar-refractivity contribution in [1.29, 1.82) is 5.26 Å². The van der Waals surface area contributed by atoms with E-state index in [1.807, 2.05) is 12.1 Å². The first-order valence-electron chi connectivity index (χ1n) is 11.6. The van der Waals surface area contributed by atoms with Crippen molar-refractivity contribution >= 4 is 17.2 Å². The highest BCUT2D eigenvalue weighted by Gasteiger charge is 2.36. The van der Waals surface area contributed by atoms with Crippen molar-refractivity contribution in [3.63, 3.8) is 0 Å². The lowest BCUT2D eigenvalue weighted by Crippen LogP contribution is -2.55. The van der Waals surface area contributed by atoms with Crippen LogP contribution in [0.2, 0.25) is 0 Å². The zero-order valence-corrected chi connectivity index (χ0v) is 19.7. The molecule has 3 N–H and O–H groups in total. The highest BCUT2D eigenvalue weighted by Crippen LogP contribution is 2.33. The normalized spacial score (nSPS) is 20.4. The molecule has 2 aliphatic rings. The Labute approximate surface area is 195 Å². The number of hydrogen-bond acceptors (Lipinski definition) is 6. The zero-order valence-electron chi connectivity index (χ0n) is 18.8. The third kappa shape index (κ3) is 5.38. The Morgan fingerprint density at radius 3 is 2.47 bits per heavy atom. The largest absolute Gasteiger partial charge is 0.334 e. The first-order valence-corrected chi connectivity index (χ1v) is 12.4. The summed E-state index contributed by atoms with van der Waals surface area (Å²) in [4.78, 5) is 19.6. The van der Waals surface area contributed by atoms with Gasteiger partial charge in [-0.2, -0.15) is 5.26 Å². The molecule has 2 aromatic rings. The molecule has 0 spiro atoms. The van der Waals surface area contributed by atoms with Gasteiger partial charge in [0.2, 0.25) is 5.91 Å². The minimum atomic E-state index is -0.840. The molecule has 2 heterocycles. The van der Waals surface area contributed by atoms with Crippen molar-refractivity contribution in [1.82, 2.24) is 15.1 Å². The number of nitriles is 1. The maximum Gasteiger partial charge on any atom is 0.241 e. The SMILES string of the molecule is CN1CCN(Cc2ccc(-c3ccc([C@@H](C#N)NC(=O)C4(N)CCCCC4)s3)cc2)CC1. The molecule has 7 heteroatoms. The third-order valence-corrected chi connectivity index (χ3v) is 7.95. The number of piperazine rings is 1. The molecule has 1 amide bonds. The zero-order chi connectivity index (χ0) is 22.6. The second-order valence-electron chi connectivity index (χ2n) is 9.23. The van der Waals surface area contributed by atoms with Gasteiger partial charge in [-0.25, -0.2) is 0 Å². The van der Waals surface area contributed by atoms with Crippen LogP contribution in [-0.4, -0.2) is 54.5 Å². The lowest BCUT2D eigenvalue weighted by atomic mass is 9.82. The lowest BCUT2D eigenvalue weighted by molar-refractivity contribution is -0.127. The van der Waals surface area contributed by atoms with Crippen molar-refractivity contribution in [3.05, 3.63) is 46.8 Å². The van der Waals surface area contributed by atoms with E-state index in [-0.39, 0.29) is 5.91 Å². The van der Waals surface area contributed by atoms with Crippen LogP contribution in [0.1, 0.15) is 48.6 Å². The highest BCUT2D eigenvalue weighted by molar-refractivity contribution is 7.15. The molecule has 1 aromatic carbocycles. The van der Waals surface area contributed by atoms with Gasteiger partial charge in [0.25, 0.3) is 0 Å². The quantitative estimate of drug-likeness (QED) is 0.702. The van der Waals surface area contributed by atoms with Gasteiger partial charge in [-0.05, 0) is 43.1 Å². The van der Waals surface area contributed by atoms with Crippen LogP contribution < -0.4 is 11.1 Å². The van der Waals surface area contributed by atoms with Gasteiger partial charge >= 0.3 is 0 Å². The molecule has 1 aliphatic carbocycles. The van der Waals surface area contributed by atoms with E-state index >= 15 is 0 Å². The molecular formula is C25H33N5OS. The maximum absolute atomic E-state index is 12.8. The third-order valence-electron chi connectivity index (χ3n) is 6.75. The van der Waals surface area contributed by atoms with E-state index in [9.17, 15) is 10.1 Å². The van der Waals surface area contributed by atoms with Crippen LogP contribution in [-0.2, 0) is 11.3 Å². The monoisotopic (exact) mass is 451 g/mol. The van der Waals surface area contributed by atoms with Crippen LogP contribution >= 0.6 is 11.3 Å². The Bertz CT molecular complexity index is 949. The molecular weight excluding hydrogens is 418 g/mol. The average Bonchev–Trinajstić information content (AvgIpc) is 3.30. The number of amides is 1. The number of thiophene rings is 1. The fourth-order valence-electron chi connectivity index (χ4n) is 4.55. The fraction of sp³-hybridized carbons (Fsp3) is 0.520. The van der Waals surface area contributed by atoms with Gasteiger partial charge in [-0.3, -0.25) is 9.69 Å². The van der Waals surface area contributed by atoms with E-state index in [1.54, 1.807) is 11.3 Å². The summed E-state index contributed by atoms with van der Waals surface area (Å²) >= 11 is 1.55. The van der Waals surface area contributed by atoms with Crippen LogP contribution in [0.25, 0.3) is 10.4 Å². The van der Waals surface area contributed by atoms with Crippen LogP contribution in [0, 0.1) is 11.3 Å². The number of carbonyl (C=O) groups excluding carboxylic acids is 1. The van der Waals surface area contributed by atoms with Crippen molar-refractivity contribution in [2.75, 3.05) is 33.2 Å². The molecule has 32 heavy (non-hydrogen) atoms. The van der Waals surface area contributed by atoms with Crippen LogP contribution in [0.5, 0.6) is 0 Å². The Kier molecular flexibility index (Phi) is 7.27. The van der Waals surface area contributed by atoms with Gasteiger partial charge in [0.15, 0.2) is 6.04 Å². The maximum atomic E-state index is 12.8. The van der Waals surface area contributed by atoms with Crippen molar-refractivity contribution in [3.8, 4) is 16.5 Å². The summed E-state index contributed by atoms with van der Waals surface area (Å²) in [5.74, 6) is -0.202. The molecule has 0 bridgehead atoms. The fourth-order valence-corrected chi connectivity index (χ4v) is 5.56. The molecule has 2 fully saturated rings. The molecule has 1 atom stereocenters. The molecule has 170 valence electrons. The van der Waals surface area contributed by atoms with Crippen molar-refractivity contribution in [2.24, 2.45) is 5.73 Å². The number of nitrogens with zero attached hydrogens (tertiary/aromatic N) is 3. The summed E-state index contributed by atoms with van der Waals surface area (Å²) in [6, 6.07) is 14.2. The molecule has 6 nitrogen and oxygen atoms in total. The summed E-state index contributed by atoms with van der Waals surface area (Å²) in [5, 5.41) is 12.6. The number of carbonyl (C=O) groups is 1. The summed E-state index contributed by atoms with van der Waals surface area (Å²) in [5.41, 5.74) is 7.95. The van der Waals surface area contributed by atoms with E-state index in [0.29, 0.717) is 12.8 Å². The number of likely N-dealkylation sites (N-methyl/N-ethyl adjacent to an activating group) is 1. The summed E-state index contributed by atoms with van der Waals surface area (Å²) in [6.07, 6.45) is 4.43. The van der Waals surface area contributed by atoms with E-state index in [2.05, 4.69) is 52.5 Å². The van der Waals surface area contributed by atoms with Gasteiger partial charge in [0.1, 0.15) is 0 Å². The first kappa shape index (κ1) is 22.9. The lowest BCUT2D eigenvalue weighted by Gasteiger charge is -2.32. The van der Waals surface area contributed by atoms with Crippen molar-refractivity contribution in [2.45, 2.75) is 50.2 Å². The van der Waals surface area contributed by atoms with Gasteiger partial charge in [-0.15, -0.1) is 11.3 Å². The molecule has 1 aromatic heterocycles. The molecule has 1 aliphatic heterocycles. The molecule has 1 saturated carbocycles. The highest BCUT2D eigenvalue weighted by atomic mass is 32.1. The molecule has 0 unspecified atom stereocenters. The number of benzene rings is 1. The van der Waals surface area contributed by atoms with Gasteiger partial charge in [0, 0.05) is 42.5 Å².